The van der Waals surface area contributed by atoms with Crippen molar-refractivity contribution in [2.45, 2.75) is 12.6 Å². The van der Waals surface area contributed by atoms with E-state index in [0.29, 0.717) is 6.54 Å². The van der Waals surface area contributed by atoms with E-state index in [-0.39, 0.29) is 6.04 Å². The van der Waals surface area contributed by atoms with E-state index in [2.05, 4.69) is 23.5 Å². The lowest BCUT2D eigenvalue weighted by atomic mass is 10.1. The summed E-state index contributed by atoms with van der Waals surface area (Å²) in [5.41, 5.74) is 9.19. The minimum Gasteiger partial charge on any atom is -0.464 e. The molecule has 0 bridgehead atoms. The van der Waals surface area contributed by atoms with Gasteiger partial charge in [0.25, 0.3) is 0 Å². The molecule has 0 saturated carbocycles. The molecule has 102 valence electrons. The summed E-state index contributed by atoms with van der Waals surface area (Å²) < 4.78 is 5.59. The molecule has 3 heteroatoms. The Hall–Kier alpha value is -2.10. The zero-order valence-electron chi connectivity index (χ0n) is 11.3. The molecule has 1 aromatic heterocycles. The van der Waals surface area contributed by atoms with Crippen LogP contribution in [0.3, 0.4) is 0 Å². The third-order valence-corrected chi connectivity index (χ3v) is 3.52. The Balaban J connectivity index is 1.79. The van der Waals surface area contributed by atoms with E-state index in [4.69, 9.17) is 10.2 Å². The van der Waals surface area contributed by atoms with Crippen LogP contribution < -0.4 is 11.1 Å². The summed E-state index contributed by atoms with van der Waals surface area (Å²) >= 11 is 0. The lowest BCUT2D eigenvalue weighted by Crippen LogP contribution is -2.27. The summed E-state index contributed by atoms with van der Waals surface area (Å²) in [6.07, 6.45) is 1.81. The molecular weight excluding hydrogens is 248 g/mol. The lowest BCUT2D eigenvalue weighted by molar-refractivity contribution is 0.529. The number of nitrogens with two attached hydrogens (primary N) is 1. The quantitative estimate of drug-likeness (QED) is 0.745. The Morgan fingerprint density at radius 3 is 2.55 bits per heavy atom. The standard InChI is InChI=1S/C17H18N2O/c18-10-16(19-11-13-6-2-1-3-7-13)15-12-20-17-9-5-4-8-14(15)17/h1-9,12,16,19H,10-11,18H2. The summed E-state index contributed by atoms with van der Waals surface area (Å²) in [5, 5.41) is 4.62. The normalized spacial score (nSPS) is 12.7. The number of rotatable bonds is 5. The van der Waals surface area contributed by atoms with Gasteiger partial charge in [0.2, 0.25) is 0 Å². The fourth-order valence-corrected chi connectivity index (χ4v) is 2.43. The zero-order chi connectivity index (χ0) is 13.8. The molecule has 3 aromatic rings. The van der Waals surface area contributed by atoms with Crippen molar-refractivity contribution in [2.75, 3.05) is 6.54 Å². The van der Waals surface area contributed by atoms with Gasteiger partial charge in [0, 0.05) is 30.1 Å². The second kappa shape index (κ2) is 5.90. The van der Waals surface area contributed by atoms with Gasteiger partial charge in [-0.15, -0.1) is 0 Å². The van der Waals surface area contributed by atoms with E-state index in [0.717, 1.165) is 23.1 Å². The van der Waals surface area contributed by atoms with Gasteiger partial charge < -0.3 is 15.5 Å². The van der Waals surface area contributed by atoms with E-state index in [1.165, 1.54) is 5.56 Å². The van der Waals surface area contributed by atoms with Gasteiger partial charge in [0.1, 0.15) is 5.58 Å². The van der Waals surface area contributed by atoms with Crippen molar-refractivity contribution in [3.8, 4) is 0 Å². The van der Waals surface area contributed by atoms with E-state index in [9.17, 15) is 0 Å². The number of hydrogen-bond donors (Lipinski definition) is 2. The molecule has 3 N–H and O–H groups in total. The minimum atomic E-state index is 0.0962. The van der Waals surface area contributed by atoms with Crippen LogP contribution in [0.25, 0.3) is 11.0 Å². The van der Waals surface area contributed by atoms with Crippen LogP contribution in [0, 0.1) is 0 Å². The summed E-state index contributed by atoms with van der Waals surface area (Å²) in [6, 6.07) is 18.5. The first-order valence-electron chi connectivity index (χ1n) is 6.82. The van der Waals surface area contributed by atoms with E-state index >= 15 is 0 Å². The highest BCUT2D eigenvalue weighted by Crippen LogP contribution is 2.26. The van der Waals surface area contributed by atoms with Crippen molar-refractivity contribution >= 4 is 11.0 Å². The highest BCUT2D eigenvalue weighted by molar-refractivity contribution is 5.81. The smallest absolute Gasteiger partial charge is 0.134 e. The molecule has 0 aliphatic rings. The molecule has 0 spiro atoms. The first-order chi connectivity index (χ1) is 9.88. The molecule has 1 atom stereocenters. The first-order valence-corrected chi connectivity index (χ1v) is 6.82. The van der Waals surface area contributed by atoms with Crippen LogP contribution in [0.4, 0.5) is 0 Å². The second-order valence-corrected chi connectivity index (χ2v) is 4.84. The number of nitrogens with one attached hydrogen (secondary N) is 1. The van der Waals surface area contributed by atoms with E-state index in [1.54, 1.807) is 6.26 Å². The van der Waals surface area contributed by atoms with Crippen molar-refractivity contribution in [1.29, 1.82) is 0 Å². The summed E-state index contributed by atoms with van der Waals surface area (Å²) in [4.78, 5) is 0. The Morgan fingerprint density at radius 2 is 1.75 bits per heavy atom. The minimum absolute atomic E-state index is 0.0962. The topological polar surface area (TPSA) is 51.2 Å². The van der Waals surface area contributed by atoms with Gasteiger partial charge in [-0.3, -0.25) is 0 Å². The lowest BCUT2D eigenvalue weighted by Gasteiger charge is -2.16. The SMILES string of the molecule is NCC(NCc1ccccc1)c1coc2ccccc12. The zero-order valence-corrected chi connectivity index (χ0v) is 11.3. The number of para-hydroxylation sites is 1. The number of benzene rings is 2. The highest BCUT2D eigenvalue weighted by Gasteiger charge is 2.14. The molecule has 2 aromatic carbocycles. The maximum atomic E-state index is 5.91. The largest absolute Gasteiger partial charge is 0.464 e. The number of fused-ring (bicyclic) bond motifs is 1. The van der Waals surface area contributed by atoms with Crippen molar-refractivity contribution in [3.05, 3.63) is 72.0 Å². The summed E-state index contributed by atoms with van der Waals surface area (Å²) in [5.74, 6) is 0. The van der Waals surface area contributed by atoms with Gasteiger partial charge >= 0.3 is 0 Å². The Morgan fingerprint density at radius 1 is 1.00 bits per heavy atom. The molecule has 0 saturated heterocycles. The van der Waals surface area contributed by atoms with Crippen LogP contribution >= 0.6 is 0 Å². The predicted molar refractivity (Wildman–Crippen MR) is 81.3 cm³/mol. The molecule has 0 radical (unpaired) electrons. The fourth-order valence-electron chi connectivity index (χ4n) is 2.43. The Bertz CT molecular complexity index is 676. The van der Waals surface area contributed by atoms with Gasteiger partial charge in [-0.25, -0.2) is 0 Å². The van der Waals surface area contributed by atoms with Crippen molar-refractivity contribution in [2.24, 2.45) is 5.73 Å². The van der Waals surface area contributed by atoms with Gasteiger partial charge in [-0.05, 0) is 11.6 Å². The average molecular weight is 266 g/mol. The molecule has 0 aliphatic carbocycles. The first kappa shape index (κ1) is 12.9. The maximum Gasteiger partial charge on any atom is 0.134 e. The summed E-state index contributed by atoms with van der Waals surface area (Å²) in [6.45, 7) is 1.33. The number of furan rings is 1. The van der Waals surface area contributed by atoms with E-state index in [1.807, 2.05) is 36.4 Å². The molecule has 0 amide bonds. The van der Waals surface area contributed by atoms with Crippen LogP contribution in [-0.2, 0) is 6.54 Å². The third kappa shape index (κ3) is 2.59. The fraction of sp³-hybridized carbons (Fsp3) is 0.176. The van der Waals surface area contributed by atoms with Crippen molar-refractivity contribution < 1.29 is 4.42 Å². The van der Waals surface area contributed by atoms with E-state index < -0.39 is 0 Å². The monoisotopic (exact) mass is 266 g/mol. The second-order valence-electron chi connectivity index (χ2n) is 4.84. The molecular formula is C17H18N2O. The molecule has 20 heavy (non-hydrogen) atoms. The average Bonchev–Trinajstić information content (AvgIpc) is 2.93. The Labute approximate surface area is 118 Å². The predicted octanol–water partition coefficient (Wildman–Crippen LogP) is 3.22. The van der Waals surface area contributed by atoms with Crippen LogP contribution in [0.5, 0.6) is 0 Å². The van der Waals surface area contributed by atoms with Crippen LogP contribution in [0.15, 0.2) is 65.3 Å². The molecule has 1 heterocycles. The summed E-state index contributed by atoms with van der Waals surface area (Å²) in [7, 11) is 0. The number of hydrogen-bond acceptors (Lipinski definition) is 3. The van der Waals surface area contributed by atoms with Gasteiger partial charge in [0.15, 0.2) is 0 Å². The molecule has 1 unspecified atom stereocenters. The highest BCUT2D eigenvalue weighted by atomic mass is 16.3. The van der Waals surface area contributed by atoms with Gasteiger partial charge in [-0.2, -0.15) is 0 Å². The molecule has 0 fully saturated rings. The van der Waals surface area contributed by atoms with Gasteiger partial charge in [0.05, 0.1) is 6.26 Å². The molecule has 3 nitrogen and oxygen atoms in total. The van der Waals surface area contributed by atoms with Crippen LogP contribution in [-0.4, -0.2) is 6.54 Å². The van der Waals surface area contributed by atoms with Gasteiger partial charge in [-0.1, -0.05) is 48.5 Å². The molecule has 0 aliphatic heterocycles. The molecule has 3 rings (SSSR count). The Kier molecular flexibility index (Phi) is 3.81. The van der Waals surface area contributed by atoms with Crippen molar-refractivity contribution in [3.63, 3.8) is 0 Å². The maximum absolute atomic E-state index is 5.91. The van der Waals surface area contributed by atoms with Crippen LogP contribution in [0.1, 0.15) is 17.2 Å². The third-order valence-electron chi connectivity index (χ3n) is 3.52. The van der Waals surface area contributed by atoms with Crippen LogP contribution in [0.2, 0.25) is 0 Å². The van der Waals surface area contributed by atoms with Crippen molar-refractivity contribution in [1.82, 2.24) is 5.32 Å².